The number of allylic oxidation sites excluding steroid dienone is 3. The summed E-state index contributed by atoms with van der Waals surface area (Å²) in [6.07, 6.45) is 7.51. The van der Waals surface area contributed by atoms with Crippen LogP contribution in [0.5, 0.6) is 0 Å². The third kappa shape index (κ3) is 5.29. The van der Waals surface area contributed by atoms with Gasteiger partial charge in [0.05, 0.1) is 0 Å². The van der Waals surface area contributed by atoms with Crippen LogP contribution in [0.1, 0.15) is 26.2 Å². The molecule has 0 aromatic heterocycles. The number of carbonyl (C=O) groups is 1. The van der Waals surface area contributed by atoms with Crippen LogP contribution >= 0.6 is 0 Å². The Labute approximate surface area is 62.4 Å². The molecule has 0 aliphatic rings. The largest absolute Gasteiger partial charge is 0.299 e. The SMILES string of the molecule is C=C/C=C\CC(=O)CCC. The first kappa shape index (κ1) is 9.15. The third-order valence-electron chi connectivity index (χ3n) is 1.15. The van der Waals surface area contributed by atoms with Gasteiger partial charge in [-0.25, -0.2) is 0 Å². The van der Waals surface area contributed by atoms with E-state index in [0.717, 1.165) is 6.42 Å². The highest BCUT2D eigenvalue weighted by Crippen LogP contribution is 1.94. The molecule has 56 valence electrons. The fourth-order valence-corrected chi connectivity index (χ4v) is 0.677. The molecule has 0 saturated heterocycles. The molecule has 0 fully saturated rings. The average molecular weight is 138 g/mol. The molecule has 0 heterocycles. The van der Waals surface area contributed by atoms with Crippen molar-refractivity contribution in [1.29, 1.82) is 0 Å². The summed E-state index contributed by atoms with van der Waals surface area (Å²) in [6, 6.07) is 0. The quantitative estimate of drug-likeness (QED) is 0.533. The van der Waals surface area contributed by atoms with Crippen molar-refractivity contribution in [3.05, 3.63) is 24.8 Å². The van der Waals surface area contributed by atoms with E-state index >= 15 is 0 Å². The Morgan fingerprint density at radius 2 is 2.30 bits per heavy atom. The maximum absolute atomic E-state index is 10.8. The van der Waals surface area contributed by atoms with Crippen LogP contribution in [-0.2, 0) is 4.79 Å². The number of rotatable bonds is 5. The van der Waals surface area contributed by atoms with E-state index in [2.05, 4.69) is 6.58 Å². The first-order chi connectivity index (χ1) is 4.81. The Morgan fingerprint density at radius 1 is 1.60 bits per heavy atom. The minimum atomic E-state index is 0.306. The van der Waals surface area contributed by atoms with Gasteiger partial charge in [-0.05, 0) is 6.42 Å². The van der Waals surface area contributed by atoms with Gasteiger partial charge in [-0.2, -0.15) is 0 Å². The van der Waals surface area contributed by atoms with Gasteiger partial charge in [-0.15, -0.1) is 0 Å². The van der Waals surface area contributed by atoms with Gasteiger partial charge in [-0.3, -0.25) is 4.79 Å². The molecule has 0 spiro atoms. The standard InChI is InChI=1S/C9H14O/c1-3-5-6-8-9(10)7-4-2/h3,5-6H,1,4,7-8H2,2H3/b6-5-. The maximum atomic E-state index is 10.8. The second-order valence-electron chi connectivity index (χ2n) is 2.16. The van der Waals surface area contributed by atoms with Crippen molar-refractivity contribution < 1.29 is 4.79 Å². The van der Waals surface area contributed by atoms with Crippen molar-refractivity contribution in [3.63, 3.8) is 0 Å². The summed E-state index contributed by atoms with van der Waals surface area (Å²) in [4.78, 5) is 10.8. The zero-order valence-corrected chi connectivity index (χ0v) is 6.47. The number of hydrogen-bond donors (Lipinski definition) is 0. The Bertz CT molecular complexity index is 134. The van der Waals surface area contributed by atoms with E-state index in [1.54, 1.807) is 12.2 Å². The number of Topliss-reactive ketones (excluding diaryl/α,β-unsaturated/α-hetero) is 1. The summed E-state index contributed by atoms with van der Waals surface area (Å²) < 4.78 is 0. The summed E-state index contributed by atoms with van der Waals surface area (Å²) in [5.41, 5.74) is 0. The molecule has 0 unspecified atom stereocenters. The number of carbonyl (C=O) groups excluding carboxylic acids is 1. The van der Waals surface area contributed by atoms with Crippen molar-refractivity contribution in [1.82, 2.24) is 0 Å². The van der Waals surface area contributed by atoms with E-state index in [1.165, 1.54) is 0 Å². The zero-order valence-electron chi connectivity index (χ0n) is 6.47. The molecule has 0 bridgehead atoms. The molecule has 10 heavy (non-hydrogen) atoms. The smallest absolute Gasteiger partial charge is 0.136 e. The van der Waals surface area contributed by atoms with Gasteiger partial charge in [0.25, 0.3) is 0 Å². The van der Waals surface area contributed by atoms with Gasteiger partial charge in [0.1, 0.15) is 5.78 Å². The maximum Gasteiger partial charge on any atom is 0.136 e. The van der Waals surface area contributed by atoms with Gasteiger partial charge in [0.2, 0.25) is 0 Å². The van der Waals surface area contributed by atoms with Crippen molar-refractivity contribution in [3.8, 4) is 0 Å². The second kappa shape index (κ2) is 6.27. The lowest BCUT2D eigenvalue weighted by molar-refractivity contribution is -0.118. The van der Waals surface area contributed by atoms with Crippen molar-refractivity contribution >= 4 is 5.78 Å². The summed E-state index contributed by atoms with van der Waals surface area (Å²) in [5, 5.41) is 0. The molecule has 0 rings (SSSR count). The average Bonchev–Trinajstić information content (AvgIpc) is 1.89. The lowest BCUT2D eigenvalue weighted by Crippen LogP contribution is -1.92. The molecule has 1 nitrogen and oxygen atoms in total. The fraction of sp³-hybridized carbons (Fsp3) is 0.444. The number of hydrogen-bond acceptors (Lipinski definition) is 1. The van der Waals surface area contributed by atoms with Crippen LogP contribution < -0.4 is 0 Å². The Morgan fingerprint density at radius 3 is 2.80 bits per heavy atom. The van der Waals surface area contributed by atoms with Crippen LogP contribution in [0.4, 0.5) is 0 Å². The molecule has 0 atom stereocenters. The minimum absolute atomic E-state index is 0.306. The van der Waals surface area contributed by atoms with E-state index in [1.807, 2.05) is 13.0 Å². The highest BCUT2D eigenvalue weighted by Gasteiger charge is 1.93. The van der Waals surface area contributed by atoms with E-state index in [9.17, 15) is 4.79 Å². The fourth-order valence-electron chi connectivity index (χ4n) is 0.677. The highest BCUT2D eigenvalue weighted by atomic mass is 16.1. The summed E-state index contributed by atoms with van der Waals surface area (Å²) in [7, 11) is 0. The molecule has 0 amide bonds. The summed E-state index contributed by atoms with van der Waals surface area (Å²) in [5.74, 6) is 0.306. The monoisotopic (exact) mass is 138 g/mol. The summed E-state index contributed by atoms with van der Waals surface area (Å²) in [6.45, 7) is 5.51. The molecule has 0 N–H and O–H groups in total. The molecule has 0 aliphatic heterocycles. The molecular weight excluding hydrogens is 124 g/mol. The van der Waals surface area contributed by atoms with Crippen LogP contribution in [0, 0.1) is 0 Å². The molecule has 0 aromatic rings. The van der Waals surface area contributed by atoms with Crippen LogP contribution in [-0.4, -0.2) is 5.78 Å². The van der Waals surface area contributed by atoms with E-state index < -0.39 is 0 Å². The number of ketones is 1. The van der Waals surface area contributed by atoms with Crippen molar-refractivity contribution in [2.45, 2.75) is 26.2 Å². The highest BCUT2D eigenvalue weighted by molar-refractivity contribution is 5.79. The van der Waals surface area contributed by atoms with Gasteiger partial charge < -0.3 is 0 Å². The molecule has 0 radical (unpaired) electrons. The Balaban J connectivity index is 3.38. The summed E-state index contributed by atoms with van der Waals surface area (Å²) >= 11 is 0. The van der Waals surface area contributed by atoms with Crippen LogP contribution in [0.15, 0.2) is 24.8 Å². The molecule has 0 aromatic carbocycles. The normalized spacial score (nSPS) is 10.1. The van der Waals surface area contributed by atoms with Gasteiger partial charge in [-0.1, -0.05) is 31.7 Å². The predicted octanol–water partition coefficient (Wildman–Crippen LogP) is 2.49. The molecule has 0 aliphatic carbocycles. The minimum Gasteiger partial charge on any atom is -0.299 e. The van der Waals surface area contributed by atoms with Gasteiger partial charge >= 0.3 is 0 Å². The second-order valence-corrected chi connectivity index (χ2v) is 2.16. The third-order valence-corrected chi connectivity index (χ3v) is 1.15. The van der Waals surface area contributed by atoms with Gasteiger partial charge in [0.15, 0.2) is 0 Å². The van der Waals surface area contributed by atoms with Crippen molar-refractivity contribution in [2.75, 3.05) is 0 Å². The van der Waals surface area contributed by atoms with Crippen molar-refractivity contribution in [2.24, 2.45) is 0 Å². The Hall–Kier alpha value is -0.850. The van der Waals surface area contributed by atoms with Gasteiger partial charge in [0, 0.05) is 12.8 Å². The van der Waals surface area contributed by atoms with E-state index in [0.29, 0.717) is 18.6 Å². The first-order valence-electron chi connectivity index (χ1n) is 3.60. The van der Waals surface area contributed by atoms with Crippen LogP contribution in [0.3, 0.4) is 0 Å². The first-order valence-corrected chi connectivity index (χ1v) is 3.60. The lowest BCUT2D eigenvalue weighted by Gasteiger charge is -1.89. The van der Waals surface area contributed by atoms with Crippen LogP contribution in [0.25, 0.3) is 0 Å². The molecular formula is C9H14O. The van der Waals surface area contributed by atoms with E-state index in [-0.39, 0.29) is 0 Å². The van der Waals surface area contributed by atoms with E-state index in [4.69, 9.17) is 0 Å². The molecule has 0 saturated carbocycles. The Kier molecular flexibility index (Phi) is 5.74. The topological polar surface area (TPSA) is 17.1 Å². The predicted molar refractivity (Wildman–Crippen MR) is 43.9 cm³/mol. The van der Waals surface area contributed by atoms with Crippen LogP contribution in [0.2, 0.25) is 0 Å². The lowest BCUT2D eigenvalue weighted by atomic mass is 10.2. The zero-order chi connectivity index (χ0) is 7.82. The molecule has 1 heteroatoms.